The summed E-state index contributed by atoms with van der Waals surface area (Å²) in [6.45, 7) is 2.18. The second kappa shape index (κ2) is 6.52. The molecule has 1 aromatic carbocycles. The van der Waals surface area contributed by atoms with Crippen molar-refractivity contribution in [1.82, 2.24) is 0 Å². The Kier molecular flexibility index (Phi) is 5.00. The van der Waals surface area contributed by atoms with Crippen molar-refractivity contribution in [3.05, 3.63) is 29.8 Å². The highest BCUT2D eigenvalue weighted by Gasteiger charge is 2.02. The van der Waals surface area contributed by atoms with Gasteiger partial charge in [0.1, 0.15) is 5.75 Å². The molecular formula is C12H16N2O3. The van der Waals surface area contributed by atoms with Crippen LogP contribution >= 0.6 is 0 Å². The first kappa shape index (κ1) is 13.0. The van der Waals surface area contributed by atoms with Crippen LogP contribution in [0.3, 0.4) is 0 Å². The zero-order valence-electron chi connectivity index (χ0n) is 9.72. The van der Waals surface area contributed by atoms with E-state index in [9.17, 15) is 4.79 Å². The molecule has 5 heteroatoms. The molecule has 0 aliphatic rings. The van der Waals surface area contributed by atoms with Gasteiger partial charge < -0.3 is 15.7 Å². The third kappa shape index (κ3) is 4.14. The zero-order valence-corrected chi connectivity index (χ0v) is 9.72. The monoisotopic (exact) mass is 236 g/mol. The van der Waals surface area contributed by atoms with Gasteiger partial charge >= 0.3 is 0 Å². The topological polar surface area (TPSA) is 84.9 Å². The Labute approximate surface area is 99.9 Å². The zero-order chi connectivity index (χ0) is 12.7. The highest BCUT2D eigenvalue weighted by atomic mass is 16.5. The lowest BCUT2D eigenvalue weighted by atomic mass is 10.1. The van der Waals surface area contributed by atoms with Crippen LogP contribution in [0.1, 0.15) is 25.3 Å². The van der Waals surface area contributed by atoms with E-state index < -0.39 is 0 Å². The summed E-state index contributed by atoms with van der Waals surface area (Å²) in [5.41, 5.74) is 6.46. The summed E-state index contributed by atoms with van der Waals surface area (Å²) >= 11 is 0. The van der Waals surface area contributed by atoms with Gasteiger partial charge in [0, 0.05) is 0 Å². The number of hydrogen-bond acceptors (Lipinski definition) is 4. The van der Waals surface area contributed by atoms with E-state index in [2.05, 4.69) is 5.16 Å². The molecule has 0 bridgehead atoms. The van der Waals surface area contributed by atoms with E-state index in [1.54, 1.807) is 24.3 Å². The summed E-state index contributed by atoms with van der Waals surface area (Å²) in [6, 6.07) is 7.13. The van der Waals surface area contributed by atoms with Crippen LogP contribution in [-0.2, 0) is 4.79 Å². The number of hydrogen-bond donors (Lipinski definition) is 2. The Hall–Kier alpha value is -2.04. The molecule has 3 N–H and O–H groups in total. The summed E-state index contributed by atoms with van der Waals surface area (Å²) in [6.07, 6.45) is 0.846. The van der Waals surface area contributed by atoms with Crippen molar-refractivity contribution in [2.24, 2.45) is 10.9 Å². The Morgan fingerprint density at radius 2 is 2.06 bits per heavy atom. The first-order chi connectivity index (χ1) is 8.17. The van der Waals surface area contributed by atoms with E-state index in [4.69, 9.17) is 15.7 Å². The molecule has 0 radical (unpaired) electrons. The van der Waals surface area contributed by atoms with E-state index in [0.717, 1.165) is 5.56 Å². The maximum atomic E-state index is 10.5. The van der Waals surface area contributed by atoms with Crippen molar-refractivity contribution in [3.63, 3.8) is 0 Å². The fraction of sp³-hybridized carbons (Fsp3) is 0.333. The number of carbonyl (C=O) groups excluding carboxylic acids is 1. The summed E-state index contributed by atoms with van der Waals surface area (Å²) in [7, 11) is 0. The molecule has 0 aliphatic heterocycles. The van der Waals surface area contributed by atoms with Crippen LogP contribution in [0, 0.1) is 0 Å². The molecule has 0 saturated heterocycles. The molecule has 1 aromatic rings. The predicted octanol–water partition coefficient (Wildman–Crippen LogP) is 1.53. The van der Waals surface area contributed by atoms with Gasteiger partial charge in [0.05, 0.1) is 18.7 Å². The highest BCUT2D eigenvalue weighted by Crippen LogP contribution is 2.14. The van der Waals surface area contributed by atoms with Gasteiger partial charge in [0.25, 0.3) is 0 Å². The molecule has 17 heavy (non-hydrogen) atoms. The minimum Gasteiger partial charge on any atom is -0.493 e. The van der Waals surface area contributed by atoms with Crippen LogP contribution < -0.4 is 10.5 Å². The normalized spacial score (nSPS) is 11.2. The van der Waals surface area contributed by atoms with Gasteiger partial charge in [-0.2, -0.15) is 0 Å². The standard InChI is InChI=1S/C12H16N2O3/c1-2-11(14-16)9-3-5-10(6-4-9)17-8-7-12(13)15/h3-6,16H,2,7-8H2,1H3,(H2,13,15)/b14-11+. The van der Waals surface area contributed by atoms with E-state index in [1.165, 1.54) is 0 Å². The maximum Gasteiger partial charge on any atom is 0.220 e. The van der Waals surface area contributed by atoms with Gasteiger partial charge in [0.2, 0.25) is 5.91 Å². The number of benzene rings is 1. The predicted molar refractivity (Wildman–Crippen MR) is 64.4 cm³/mol. The van der Waals surface area contributed by atoms with Gasteiger partial charge in [-0.1, -0.05) is 12.1 Å². The van der Waals surface area contributed by atoms with Crippen LogP contribution in [0.2, 0.25) is 0 Å². The quantitative estimate of drug-likeness (QED) is 0.446. The molecule has 0 aliphatic carbocycles. The molecule has 0 saturated carbocycles. The van der Waals surface area contributed by atoms with E-state index in [0.29, 0.717) is 17.9 Å². The number of nitrogens with two attached hydrogens (primary N) is 1. The minimum absolute atomic E-state index is 0.195. The number of amides is 1. The number of nitrogens with zero attached hydrogens (tertiary/aromatic N) is 1. The molecule has 0 heterocycles. The van der Waals surface area contributed by atoms with Crippen molar-refractivity contribution in [2.45, 2.75) is 19.8 Å². The van der Waals surface area contributed by atoms with Crippen LogP contribution in [0.4, 0.5) is 0 Å². The summed E-state index contributed by atoms with van der Waals surface area (Å²) in [5.74, 6) is 0.269. The first-order valence-electron chi connectivity index (χ1n) is 5.39. The smallest absolute Gasteiger partial charge is 0.220 e. The van der Waals surface area contributed by atoms with E-state index >= 15 is 0 Å². The third-order valence-corrected chi connectivity index (χ3v) is 2.26. The van der Waals surface area contributed by atoms with Gasteiger partial charge in [-0.15, -0.1) is 0 Å². The molecule has 0 atom stereocenters. The summed E-state index contributed by atoms with van der Waals surface area (Å²) in [5, 5.41) is 12.0. The largest absolute Gasteiger partial charge is 0.493 e. The first-order valence-corrected chi connectivity index (χ1v) is 5.39. The number of rotatable bonds is 6. The molecule has 0 unspecified atom stereocenters. The lowest BCUT2D eigenvalue weighted by Crippen LogP contribution is -2.14. The van der Waals surface area contributed by atoms with Gasteiger partial charge in [-0.05, 0) is 36.2 Å². The molecular weight excluding hydrogens is 220 g/mol. The fourth-order valence-corrected chi connectivity index (χ4v) is 1.35. The lowest BCUT2D eigenvalue weighted by molar-refractivity contribution is -0.118. The summed E-state index contributed by atoms with van der Waals surface area (Å²) < 4.78 is 5.32. The average molecular weight is 236 g/mol. The third-order valence-electron chi connectivity index (χ3n) is 2.26. The molecule has 92 valence electrons. The van der Waals surface area contributed by atoms with Crippen LogP contribution in [-0.4, -0.2) is 23.4 Å². The van der Waals surface area contributed by atoms with E-state index in [1.807, 2.05) is 6.92 Å². The highest BCUT2D eigenvalue weighted by molar-refractivity contribution is 6.00. The molecule has 0 spiro atoms. The van der Waals surface area contributed by atoms with E-state index in [-0.39, 0.29) is 18.9 Å². The Bertz CT molecular complexity index is 399. The van der Waals surface area contributed by atoms with Gasteiger partial charge in [-0.25, -0.2) is 0 Å². The molecule has 5 nitrogen and oxygen atoms in total. The molecule has 1 rings (SSSR count). The number of primary amides is 1. The van der Waals surface area contributed by atoms with Crippen LogP contribution in [0.5, 0.6) is 5.75 Å². The van der Waals surface area contributed by atoms with Gasteiger partial charge in [-0.3, -0.25) is 4.79 Å². The van der Waals surface area contributed by atoms with Crippen molar-refractivity contribution < 1.29 is 14.7 Å². The lowest BCUT2D eigenvalue weighted by Gasteiger charge is -2.06. The van der Waals surface area contributed by atoms with Crippen molar-refractivity contribution in [1.29, 1.82) is 0 Å². The molecule has 0 fully saturated rings. The van der Waals surface area contributed by atoms with Crippen LogP contribution in [0.15, 0.2) is 29.4 Å². The SMILES string of the molecule is CC/C(=N\O)c1ccc(OCCC(N)=O)cc1. The van der Waals surface area contributed by atoms with Crippen molar-refractivity contribution in [3.8, 4) is 5.75 Å². The van der Waals surface area contributed by atoms with Gasteiger partial charge in [0.15, 0.2) is 0 Å². The fourth-order valence-electron chi connectivity index (χ4n) is 1.35. The Balaban J connectivity index is 2.59. The van der Waals surface area contributed by atoms with Crippen molar-refractivity contribution >= 4 is 11.6 Å². The minimum atomic E-state index is -0.387. The molecule has 1 amide bonds. The number of ether oxygens (including phenoxy) is 1. The average Bonchev–Trinajstić information content (AvgIpc) is 2.32. The maximum absolute atomic E-state index is 10.5. The Morgan fingerprint density at radius 3 is 2.53 bits per heavy atom. The number of carbonyl (C=O) groups is 1. The second-order valence-corrected chi connectivity index (χ2v) is 3.49. The Morgan fingerprint density at radius 1 is 1.41 bits per heavy atom. The van der Waals surface area contributed by atoms with Crippen molar-refractivity contribution in [2.75, 3.05) is 6.61 Å². The second-order valence-electron chi connectivity index (χ2n) is 3.49. The molecule has 0 aromatic heterocycles. The number of oxime groups is 1. The summed E-state index contributed by atoms with van der Waals surface area (Å²) in [4.78, 5) is 10.5. The van der Waals surface area contributed by atoms with Crippen LogP contribution in [0.25, 0.3) is 0 Å².